The minimum atomic E-state index is -0.560. The molecule has 2 aliphatic rings. The molecule has 1 fully saturated rings. The van der Waals surface area contributed by atoms with Crippen molar-refractivity contribution >= 4 is 17.7 Å². The number of fused-ring (bicyclic) bond motifs is 1. The predicted molar refractivity (Wildman–Crippen MR) is 102 cm³/mol. The first-order valence-corrected chi connectivity index (χ1v) is 9.60. The SMILES string of the molecule is CNCCCCN(C)Cc1cccc2c1C(=O)N(C1CCC(=O)NC1=O)C2. The molecule has 3 rings (SSSR count). The van der Waals surface area contributed by atoms with Crippen molar-refractivity contribution in [2.75, 3.05) is 27.2 Å². The largest absolute Gasteiger partial charge is 0.322 e. The van der Waals surface area contributed by atoms with Gasteiger partial charge in [0.05, 0.1) is 0 Å². The Kier molecular flexibility index (Phi) is 6.23. The Morgan fingerprint density at radius 3 is 2.81 bits per heavy atom. The van der Waals surface area contributed by atoms with Crippen LogP contribution in [0.1, 0.15) is 47.2 Å². The van der Waals surface area contributed by atoms with Crippen molar-refractivity contribution in [2.45, 2.75) is 44.8 Å². The van der Waals surface area contributed by atoms with Crippen LogP contribution in [-0.4, -0.2) is 60.7 Å². The van der Waals surface area contributed by atoms with Crippen LogP contribution in [0.2, 0.25) is 0 Å². The summed E-state index contributed by atoms with van der Waals surface area (Å²) in [4.78, 5) is 40.5. The molecule has 1 unspecified atom stereocenters. The Hall–Kier alpha value is -2.25. The van der Waals surface area contributed by atoms with Gasteiger partial charge in [0.1, 0.15) is 6.04 Å². The van der Waals surface area contributed by atoms with E-state index in [1.54, 1.807) is 4.90 Å². The lowest BCUT2D eigenvalue weighted by Crippen LogP contribution is -2.52. The molecule has 0 aromatic heterocycles. The van der Waals surface area contributed by atoms with E-state index in [0.29, 0.717) is 19.5 Å². The number of hydrogen-bond acceptors (Lipinski definition) is 5. The normalized spacial score (nSPS) is 19.6. The average molecular weight is 372 g/mol. The number of hydrogen-bond donors (Lipinski definition) is 2. The summed E-state index contributed by atoms with van der Waals surface area (Å²) in [7, 11) is 4.02. The quantitative estimate of drug-likeness (QED) is 0.523. The number of carbonyl (C=O) groups is 3. The van der Waals surface area contributed by atoms with Crippen molar-refractivity contribution in [1.82, 2.24) is 20.4 Å². The molecule has 3 amide bonds. The molecule has 1 saturated heterocycles. The fourth-order valence-electron chi connectivity index (χ4n) is 3.88. The van der Waals surface area contributed by atoms with Crippen molar-refractivity contribution in [2.24, 2.45) is 0 Å². The highest BCUT2D eigenvalue weighted by atomic mass is 16.2. The highest BCUT2D eigenvalue weighted by molar-refractivity contribution is 6.05. The first-order chi connectivity index (χ1) is 13.0. The molecular formula is C20H28N4O3. The molecule has 1 atom stereocenters. The van der Waals surface area contributed by atoms with Crippen LogP contribution in [0.4, 0.5) is 0 Å². The number of rotatable bonds is 8. The minimum absolute atomic E-state index is 0.0984. The molecule has 0 aliphatic carbocycles. The number of nitrogens with one attached hydrogen (secondary N) is 2. The molecule has 1 aromatic carbocycles. The van der Waals surface area contributed by atoms with Crippen molar-refractivity contribution in [1.29, 1.82) is 0 Å². The lowest BCUT2D eigenvalue weighted by atomic mass is 10.0. The highest BCUT2D eigenvalue weighted by Crippen LogP contribution is 2.30. The summed E-state index contributed by atoms with van der Waals surface area (Å²) in [5, 5.41) is 5.50. The van der Waals surface area contributed by atoms with E-state index in [9.17, 15) is 14.4 Å². The molecule has 1 aromatic rings. The number of piperidine rings is 1. The maximum absolute atomic E-state index is 13.1. The van der Waals surface area contributed by atoms with Crippen LogP contribution in [0.25, 0.3) is 0 Å². The fourth-order valence-corrected chi connectivity index (χ4v) is 3.88. The van der Waals surface area contributed by atoms with Crippen LogP contribution in [0.15, 0.2) is 18.2 Å². The molecule has 7 nitrogen and oxygen atoms in total. The zero-order valence-corrected chi connectivity index (χ0v) is 16.1. The summed E-state index contributed by atoms with van der Waals surface area (Å²) < 4.78 is 0. The second-order valence-electron chi connectivity index (χ2n) is 7.40. The van der Waals surface area contributed by atoms with Gasteiger partial charge in [0.2, 0.25) is 11.8 Å². The monoisotopic (exact) mass is 372 g/mol. The third kappa shape index (κ3) is 4.36. The Bertz CT molecular complexity index is 734. The summed E-state index contributed by atoms with van der Waals surface area (Å²) >= 11 is 0. The highest BCUT2D eigenvalue weighted by Gasteiger charge is 2.39. The molecule has 0 spiro atoms. The standard InChI is InChI=1S/C20H28N4O3/c1-21-10-3-4-11-23(2)12-14-6-5-7-15-13-24(20(27)18(14)15)16-8-9-17(25)22-19(16)26/h5-7,16,21H,3-4,8-13H2,1-2H3,(H,22,25,26). The van der Waals surface area contributed by atoms with Gasteiger partial charge in [-0.15, -0.1) is 0 Å². The van der Waals surface area contributed by atoms with Gasteiger partial charge in [-0.2, -0.15) is 0 Å². The number of carbonyl (C=O) groups excluding carboxylic acids is 3. The van der Waals surface area contributed by atoms with Gasteiger partial charge in [-0.1, -0.05) is 18.2 Å². The molecule has 2 aliphatic heterocycles. The third-order valence-corrected chi connectivity index (χ3v) is 5.30. The van der Waals surface area contributed by atoms with Gasteiger partial charge in [-0.3, -0.25) is 19.7 Å². The zero-order chi connectivity index (χ0) is 19.4. The molecule has 2 heterocycles. The molecule has 146 valence electrons. The Morgan fingerprint density at radius 1 is 1.26 bits per heavy atom. The van der Waals surface area contributed by atoms with Crippen LogP contribution in [-0.2, 0) is 22.7 Å². The number of imide groups is 1. The summed E-state index contributed by atoms with van der Waals surface area (Å²) in [5.74, 6) is -0.727. The topological polar surface area (TPSA) is 81.8 Å². The number of unbranched alkanes of at least 4 members (excludes halogenated alkanes) is 1. The maximum Gasteiger partial charge on any atom is 0.255 e. The smallest absolute Gasteiger partial charge is 0.255 e. The zero-order valence-electron chi connectivity index (χ0n) is 16.1. The summed E-state index contributed by atoms with van der Waals surface area (Å²) in [6.07, 6.45) is 2.89. The van der Waals surface area contributed by atoms with Gasteiger partial charge >= 0.3 is 0 Å². The van der Waals surface area contributed by atoms with E-state index >= 15 is 0 Å². The first kappa shape index (κ1) is 19.5. The van der Waals surface area contributed by atoms with Crippen LogP contribution in [0, 0.1) is 0 Å². The maximum atomic E-state index is 13.1. The number of amides is 3. The van der Waals surface area contributed by atoms with E-state index in [-0.39, 0.29) is 24.1 Å². The molecule has 2 N–H and O–H groups in total. The minimum Gasteiger partial charge on any atom is -0.322 e. The van der Waals surface area contributed by atoms with Gasteiger partial charge in [0.15, 0.2) is 0 Å². The summed E-state index contributed by atoms with van der Waals surface area (Å²) in [5.41, 5.74) is 2.69. The molecular weight excluding hydrogens is 344 g/mol. The molecule has 0 bridgehead atoms. The van der Waals surface area contributed by atoms with Gasteiger partial charge in [0.25, 0.3) is 5.91 Å². The lowest BCUT2D eigenvalue weighted by molar-refractivity contribution is -0.136. The van der Waals surface area contributed by atoms with Gasteiger partial charge in [0, 0.05) is 25.1 Å². The molecule has 27 heavy (non-hydrogen) atoms. The van der Waals surface area contributed by atoms with Gasteiger partial charge in [-0.25, -0.2) is 0 Å². The van der Waals surface area contributed by atoms with Gasteiger partial charge < -0.3 is 15.1 Å². The molecule has 0 radical (unpaired) electrons. The van der Waals surface area contributed by atoms with E-state index in [0.717, 1.165) is 42.6 Å². The van der Waals surface area contributed by atoms with E-state index < -0.39 is 6.04 Å². The van der Waals surface area contributed by atoms with Crippen molar-refractivity contribution in [3.05, 3.63) is 34.9 Å². The van der Waals surface area contributed by atoms with Gasteiger partial charge in [-0.05, 0) is 57.6 Å². The molecule has 7 heteroatoms. The molecule has 0 saturated carbocycles. The van der Waals surface area contributed by atoms with E-state index in [2.05, 4.69) is 22.6 Å². The fraction of sp³-hybridized carbons (Fsp3) is 0.550. The van der Waals surface area contributed by atoms with Crippen molar-refractivity contribution in [3.8, 4) is 0 Å². The van der Waals surface area contributed by atoms with E-state index in [4.69, 9.17) is 0 Å². The predicted octanol–water partition coefficient (Wildman–Crippen LogP) is 0.879. The Labute approximate surface area is 160 Å². The summed E-state index contributed by atoms with van der Waals surface area (Å²) in [6, 6.07) is 5.36. The third-order valence-electron chi connectivity index (χ3n) is 5.30. The van der Waals surface area contributed by atoms with E-state index in [1.165, 1.54) is 0 Å². The van der Waals surface area contributed by atoms with Crippen molar-refractivity contribution < 1.29 is 14.4 Å². The summed E-state index contributed by atoms with van der Waals surface area (Å²) in [6.45, 7) is 3.11. The lowest BCUT2D eigenvalue weighted by Gasteiger charge is -2.29. The Balaban J connectivity index is 1.69. The number of benzene rings is 1. The second kappa shape index (κ2) is 8.63. The first-order valence-electron chi connectivity index (χ1n) is 9.60. The average Bonchev–Trinajstić information content (AvgIpc) is 2.96. The van der Waals surface area contributed by atoms with Crippen LogP contribution in [0.5, 0.6) is 0 Å². The van der Waals surface area contributed by atoms with E-state index in [1.807, 2.05) is 25.2 Å². The second-order valence-corrected chi connectivity index (χ2v) is 7.40. The number of nitrogens with zero attached hydrogens (tertiary/aromatic N) is 2. The van der Waals surface area contributed by atoms with Crippen LogP contribution >= 0.6 is 0 Å². The Morgan fingerprint density at radius 2 is 2.07 bits per heavy atom. The van der Waals surface area contributed by atoms with Crippen LogP contribution in [0.3, 0.4) is 0 Å². The van der Waals surface area contributed by atoms with Crippen LogP contribution < -0.4 is 10.6 Å². The van der Waals surface area contributed by atoms with Crippen molar-refractivity contribution in [3.63, 3.8) is 0 Å².